The zero-order valence-corrected chi connectivity index (χ0v) is 24.7. The van der Waals surface area contributed by atoms with Crippen molar-refractivity contribution in [2.45, 2.75) is 20.5 Å². The zero-order chi connectivity index (χ0) is 26.2. The molecular formula is C30H34N4O2Pt. The first-order valence-corrected chi connectivity index (χ1v) is 11.7. The second-order valence-electron chi connectivity index (χ2n) is 8.91. The molecule has 0 aliphatic rings. The number of aryl methyl sites for hydroxylation is 2. The van der Waals surface area contributed by atoms with Gasteiger partial charge in [0.15, 0.2) is 0 Å². The summed E-state index contributed by atoms with van der Waals surface area (Å²) in [6, 6.07) is 22.2. The molecule has 2 heterocycles. The van der Waals surface area contributed by atoms with Gasteiger partial charge in [-0.15, -0.1) is 58.7 Å². The van der Waals surface area contributed by atoms with Crippen molar-refractivity contribution in [1.29, 1.82) is 0 Å². The standard InChI is InChI=1S/2C15H17N2O.Pt/c1-11-9-12(17(2)3)5-6-14(11)15-10-13(18-4)7-8-16-15;1-11-8-13(17(2)3)4-5-14(11)15-9-12(10-18)6-7-16-15;/h5,7-10H,1-4H3;4,6-9,18H,10H2,1-3H3;/q2*-1;+2. The van der Waals surface area contributed by atoms with Crippen LogP contribution in [-0.2, 0) is 27.7 Å². The first-order valence-electron chi connectivity index (χ1n) is 11.7. The van der Waals surface area contributed by atoms with Gasteiger partial charge in [-0.05, 0) is 74.7 Å². The Balaban J connectivity index is 0.000000253. The quantitative estimate of drug-likeness (QED) is 0.278. The van der Waals surface area contributed by atoms with Crippen molar-refractivity contribution in [2.24, 2.45) is 0 Å². The molecule has 0 amide bonds. The first kappa shape index (κ1) is 30.0. The molecule has 2 aromatic heterocycles. The number of pyridine rings is 2. The summed E-state index contributed by atoms with van der Waals surface area (Å²) >= 11 is 0. The van der Waals surface area contributed by atoms with Crippen molar-refractivity contribution in [2.75, 3.05) is 45.1 Å². The summed E-state index contributed by atoms with van der Waals surface area (Å²) in [5, 5.41) is 9.15. The van der Waals surface area contributed by atoms with E-state index in [1.807, 2.05) is 76.4 Å². The van der Waals surface area contributed by atoms with E-state index in [0.29, 0.717) is 0 Å². The Morgan fingerprint density at radius 1 is 0.784 bits per heavy atom. The van der Waals surface area contributed by atoms with E-state index in [2.05, 4.69) is 46.1 Å². The molecular weight excluding hydrogens is 643 g/mol. The van der Waals surface area contributed by atoms with E-state index in [9.17, 15) is 0 Å². The normalized spacial score (nSPS) is 10.1. The van der Waals surface area contributed by atoms with Crippen molar-refractivity contribution < 1.29 is 30.9 Å². The fraction of sp³-hybridized carbons (Fsp3) is 0.267. The van der Waals surface area contributed by atoms with Gasteiger partial charge >= 0.3 is 21.1 Å². The number of hydrogen-bond acceptors (Lipinski definition) is 6. The van der Waals surface area contributed by atoms with Gasteiger partial charge in [-0.25, -0.2) is 0 Å². The number of benzene rings is 2. The van der Waals surface area contributed by atoms with Crippen molar-refractivity contribution in [1.82, 2.24) is 9.97 Å². The fourth-order valence-corrected chi connectivity index (χ4v) is 3.64. The van der Waals surface area contributed by atoms with Crippen LogP contribution in [0.3, 0.4) is 0 Å². The Morgan fingerprint density at radius 3 is 1.70 bits per heavy atom. The summed E-state index contributed by atoms with van der Waals surface area (Å²) in [6.45, 7) is 4.15. The average molecular weight is 678 g/mol. The first-order chi connectivity index (χ1) is 17.2. The van der Waals surface area contributed by atoms with Crippen LogP contribution in [0.5, 0.6) is 5.75 Å². The van der Waals surface area contributed by atoms with Gasteiger partial charge in [0, 0.05) is 12.4 Å². The second-order valence-corrected chi connectivity index (χ2v) is 8.91. The molecule has 0 saturated carbocycles. The SMILES string of the molecule is COc1ccnc(-c2[c-]cc(N(C)C)cc2C)c1.Cc1cc(N(C)C)c[c-]c1-c1cc(CO)ccn1.[Pt+2]. The van der Waals surface area contributed by atoms with Crippen molar-refractivity contribution in [3.05, 3.63) is 89.7 Å². The number of aromatic nitrogens is 2. The van der Waals surface area contributed by atoms with E-state index in [0.717, 1.165) is 56.3 Å². The zero-order valence-electron chi connectivity index (χ0n) is 22.4. The minimum Gasteiger partial charge on any atom is -0.497 e. The van der Waals surface area contributed by atoms with Gasteiger partial charge in [-0.2, -0.15) is 0 Å². The Labute approximate surface area is 235 Å². The average Bonchev–Trinajstić information content (AvgIpc) is 2.88. The predicted molar refractivity (Wildman–Crippen MR) is 148 cm³/mol. The maximum atomic E-state index is 9.15. The molecule has 0 saturated heterocycles. The van der Waals surface area contributed by atoms with Crippen LogP contribution in [0.4, 0.5) is 11.4 Å². The predicted octanol–water partition coefficient (Wildman–Crippen LogP) is 5.34. The molecule has 2 aromatic carbocycles. The van der Waals surface area contributed by atoms with Gasteiger partial charge in [-0.3, -0.25) is 0 Å². The van der Waals surface area contributed by atoms with Crippen molar-refractivity contribution >= 4 is 11.4 Å². The van der Waals surface area contributed by atoms with Crippen LogP contribution >= 0.6 is 0 Å². The Morgan fingerprint density at radius 2 is 1.27 bits per heavy atom. The van der Waals surface area contributed by atoms with Crippen LogP contribution in [0.2, 0.25) is 0 Å². The number of aliphatic hydroxyl groups is 1. The molecule has 7 heteroatoms. The largest absolute Gasteiger partial charge is 2.00 e. The number of hydrogen-bond donors (Lipinski definition) is 1. The summed E-state index contributed by atoms with van der Waals surface area (Å²) in [4.78, 5) is 12.8. The number of aliphatic hydroxyl groups excluding tert-OH is 1. The summed E-state index contributed by atoms with van der Waals surface area (Å²) in [5.41, 5.74) is 9.14. The molecule has 1 N–H and O–H groups in total. The van der Waals surface area contributed by atoms with E-state index in [1.54, 1.807) is 19.5 Å². The molecule has 0 unspecified atom stereocenters. The van der Waals surface area contributed by atoms with Crippen LogP contribution in [-0.4, -0.2) is 50.4 Å². The number of ether oxygens (including phenoxy) is 1. The van der Waals surface area contributed by atoms with Gasteiger partial charge < -0.3 is 29.6 Å². The molecule has 0 atom stereocenters. The monoisotopic (exact) mass is 677 g/mol. The van der Waals surface area contributed by atoms with E-state index < -0.39 is 0 Å². The molecule has 196 valence electrons. The summed E-state index contributed by atoms with van der Waals surface area (Å²) in [7, 11) is 9.71. The number of methoxy groups -OCH3 is 1. The van der Waals surface area contributed by atoms with Crippen LogP contribution in [0.25, 0.3) is 22.5 Å². The van der Waals surface area contributed by atoms with Crippen molar-refractivity contribution in [3.8, 4) is 28.3 Å². The van der Waals surface area contributed by atoms with Crippen LogP contribution in [0.15, 0.2) is 60.9 Å². The minimum atomic E-state index is 0. The molecule has 0 aliphatic carbocycles. The third-order valence-electron chi connectivity index (χ3n) is 5.77. The molecule has 0 spiro atoms. The van der Waals surface area contributed by atoms with Gasteiger partial charge in [-0.1, -0.05) is 19.9 Å². The van der Waals surface area contributed by atoms with Gasteiger partial charge in [0.05, 0.1) is 13.7 Å². The Kier molecular flexibility index (Phi) is 11.3. The van der Waals surface area contributed by atoms with E-state index >= 15 is 0 Å². The third kappa shape index (κ3) is 7.88. The van der Waals surface area contributed by atoms with Gasteiger partial charge in [0.1, 0.15) is 5.75 Å². The molecule has 0 aliphatic heterocycles. The topological polar surface area (TPSA) is 61.7 Å². The Hall–Kier alpha value is -3.21. The number of anilines is 2. The molecule has 4 rings (SSSR count). The van der Waals surface area contributed by atoms with Gasteiger partial charge in [0.2, 0.25) is 0 Å². The summed E-state index contributed by atoms with van der Waals surface area (Å²) in [5.74, 6) is 0.810. The Bertz CT molecular complexity index is 1210. The summed E-state index contributed by atoms with van der Waals surface area (Å²) < 4.78 is 5.22. The molecule has 0 bridgehead atoms. The third-order valence-corrected chi connectivity index (χ3v) is 5.77. The minimum absolute atomic E-state index is 0. The summed E-state index contributed by atoms with van der Waals surface area (Å²) in [6.07, 6.45) is 3.47. The van der Waals surface area contributed by atoms with E-state index in [4.69, 9.17) is 9.84 Å². The second kappa shape index (κ2) is 13.9. The fourth-order valence-electron chi connectivity index (χ4n) is 3.64. The maximum absolute atomic E-state index is 9.15. The number of nitrogens with zero attached hydrogens (tertiary/aromatic N) is 4. The molecule has 37 heavy (non-hydrogen) atoms. The maximum Gasteiger partial charge on any atom is 2.00 e. The molecule has 0 fully saturated rings. The number of rotatable bonds is 6. The smallest absolute Gasteiger partial charge is 0.497 e. The van der Waals surface area contributed by atoms with Crippen LogP contribution < -0.4 is 14.5 Å². The van der Waals surface area contributed by atoms with Crippen LogP contribution in [0, 0.1) is 26.0 Å². The van der Waals surface area contributed by atoms with Crippen molar-refractivity contribution in [3.63, 3.8) is 0 Å². The van der Waals surface area contributed by atoms with E-state index in [-0.39, 0.29) is 27.7 Å². The van der Waals surface area contributed by atoms with Crippen LogP contribution in [0.1, 0.15) is 16.7 Å². The molecule has 6 nitrogen and oxygen atoms in total. The molecule has 4 aromatic rings. The molecule has 0 radical (unpaired) electrons. The van der Waals surface area contributed by atoms with Gasteiger partial charge in [0.25, 0.3) is 0 Å². The van der Waals surface area contributed by atoms with E-state index in [1.165, 1.54) is 0 Å².